The summed E-state index contributed by atoms with van der Waals surface area (Å²) < 4.78 is 2.18. The number of aromatic amines is 1. The maximum absolute atomic E-state index is 5.19. The van der Waals surface area contributed by atoms with Crippen molar-refractivity contribution in [2.45, 2.75) is 0 Å². The number of hydrogen-bond acceptors (Lipinski definition) is 6. The molecular weight excluding hydrogens is 658 g/mol. The van der Waals surface area contributed by atoms with Gasteiger partial charge in [0, 0.05) is 66.4 Å². The Labute approximate surface area is 294 Å². The molecule has 8 bridgehead atoms. The summed E-state index contributed by atoms with van der Waals surface area (Å²) in [6.45, 7) is 0. The van der Waals surface area contributed by atoms with Crippen molar-refractivity contribution < 1.29 is 19.5 Å². The molecule has 0 amide bonds. The fraction of sp³-hybridized carbons (Fsp3) is 0. The summed E-state index contributed by atoms with van der Waals surface area (Å²) in [5.41, 5.74) is 11.8. The van der Waals surface area contributed by atoms with E-state index < -0.39 is 0 Å². The number of nitrogens with one attached hydrogen (secondary N) is 1. The predicted octanol–water partition coefficient (Wildman–Crippen LogP) is 8.70. The van der Waals surface area contributed by atoms with Crippen LogP contribution in [-0.2, 0) is 19.5 Å². The Morgan fingerprint density at radius 2 is 1.00 bits per heavy atom. The third-order valence-electron chi connectivity index (χ3n) is 8.31. The van der Waals surface area contributed by atoms with E-state index in [1.807, 2.05) is 140 Å². The second-order valence-corrected chi connectivity index (χ2v) is 11.4. The zero-order chi connectivity index (χ0) is 31.9. The van der Waals surface area contributed by atoms with Crippen molar-refractivity contribution in [1.82, 2.24) is 39.5 Å². The van der Waals surface area contributed by atoms with E-state index in [-0.39, 0.29) is 19.5 Å². The first-order chi connectivity index (χ1) is 23.8. The normalized spacial score (nSPS) is 11.8. The minimum atomic E-state index is 0. The van der Waals surface area contributed by atoms with Crippen LogP contribution in [0.1, 0.15) is 22.8 Å². The molecule has 0 atom stereocenters. The number of pyridine rings is 4. The fourth-order valence-corrected chi connectivity index (χ4v) is 6.31. The summed E-state index contributed by atoms with van der Waals surface area (Å²) in [5.74, 6) is 0.724. The van der Waals surface area contributed by atoms with Crippen molar-refractivity contribution in [2.24, 2.45) is 0 Å². The molecule has 9 rings (SSSR count). The van der Waals surface area contributed by atoms with Crippen LogP contribution in [0.25, 0.3) is 86.0 Å². The fourth-order valence-electron chi connectivity index (χ4n) is 6.31. The van der Waals surface area contributed by atoms with Crippen molar-refractivity contribution in [2.75, 3.05) is 0 Å². The van der Waals surface area contributed by atoms with Gasteiger partial charge in [-0.25, -0.2) is 15.0 Å². The van der Waals surface area contributed by atoms with Gasteiger partial charge in [0.05, 0.1) is 56.5 Å². The summed E-state index contributed by atoms with van der Waals surface area (Å²) in [7, 11) is 0. The Morgan fingerprint density at radius 1 is 0.469 bits per heavy atom. The molecule has 0 spiro atoms. The molecule has 8 nitrogen and oxygen atoms in total. The van der Waals surface area contributed by atoms with Crippen LogP contribution in [0, 0.1) is 0 Å². The van der Waals surface area contributed by atoms with Gasteiger partial charge in [-0.1, -0.05) is 24.3 Å². The molecule has 0 aromatic carbocycles. The Morgan fingerprint density at radius 3 is 1.59 bits per heavy atom. The van der Waals surface area contributed by atoms with Gasteiger partial charge in [-0.3, -0.25) is 19.5 Å². The first kappa shape index (κ1) is 30.2. The number of fused-ring (bicyclic) bond motifs is 8. The monoisotopic (exact) mass is 682 g/mol. The van der Waals surface area contributed by atoms with Crippen LogP contribution in [0.3, 0.4) is 0 Å². The largest absolute Gasteiger partial charge is 0.355 e. The Hall–Kier alpha value is -6.18. The van der Waals surface area contributed by atoms with Crippen LogP contribution in [0.2, 0.25) is 0 Å². The minimum Gasteiger partial charge on any atom is -0.355 e. The van der Waals surface area contributed by atoms with Gasteiger partial charge in [-0.2, -0.15) is 0 Å². The number of H-pyrrole nitrogens is 1. The topological polar surface area (TPSA) is 98.1 Å². The Kier molecular flexibility index (Phi) is 7.88. The maximum Gasteiger partial charge on any atom is 0.137 e. The molecule has 49 heavy (non-hydrogen) atoms. The third-order valence-corrected chi connectivity index (χ3v) is 8.31. The molecule has 0 saturated carbocycles. The molecular formula is C40H26N8Zn. The van der Waals surface area contributed by atoms with Gasteiger partial charge in [0.15, 0.2) is 0 Å². The van der Waals surface area contributed by atoms with E-state index in [1.165, 1.54) is 0 Å². The molecule has 2 aliphatic rings. The Balaban J connectivity index is 0.00000348. The van der Waals surface area contributed by atoms with Crippen LogP contribution >= 0.6 is 0 Å². The van der Waals surface area contributed by atoms with Crippen LogP contribution in [0.4, 0.5) is 0 Å². The van der Waals surface area contributed by atoms with Crippen molar-refractivity contribution in [3.8, 4) is 39.6 Å². The predicted molar refractivity (Wildman–Crippen MR) is 191 cm³/mol. The van der Waals surface area contributed by atoms with Gasteiger partial charge in [-0.15, -0.1) is 0 Å². The summed E-state index contributed by atoms with van der Waals surface area (Å²) in [4.78, 5) is 33.3. The third kappa shape index (κ3) is 5.60. The van der Waals surface area contributed by atoms with Crippen molar-refractivity contribution in [1.29, 1.82) is 0 Å². The van der Waals surface area contributed by atoms with E-state index in [0.717, 1.165) is 84.4 Å². The second kappa shape index (κ2) is 12.8. The summed E-state index contributed by atoms with van der Waals surface area (Å²) in [5, 5.41) is 0. The first-order valence-corrected chi connectivity index (χ1v) is 15.6. The molecule has 0 unspecified atom stereocenters. The summed E-state index contributed by atoms with van der Waals surface area (Å²) in [6.07, 6.45) is 15.4. The standard InChI is InChI=1S/C40H26N8.Zn/c1-5-19-41-31(9-1)37-34-18-17-29(47-34)24-28-14-13-26(45-28)23-27-15-16-30(46-27)25-35-38(32-10-2-6-20-42-32)39(33-11-3-7-21-43-33)40(37)48(35)36-12-4-8-22-44-36;/h1-25,45H;. The van der Waals surface area contributed by atoms with Gasteiger partial charge >= 0.3 is 0 Å². The molecule has 0 aliphatic carbocycles. The first-order valence-electron chi connectivity index (χ1n) is 15.6. The molecule has 9 heteroatoms. The van der Waals surface area contributed by atoms with Crippen LogP contribution < -0.4 is 0 Å². The second-order valence-electron chi connectivity index (χ2n) is 11.4. The van der Waals surface area contributed by atoms with E-state index in [1.54, 1.807) is 0 Å². The van der Waals surface area contributed by atoms with Gasteiger partial charge in [0.2, 0.25) is 0 Å². The smallest absolute Gasteiger partial charge is 0.137 e. The van der Waals surface area contributed by atoms with Crippen molar-refractivity contribution >= 4 is 46.4 Å². The zero-order valence-electron chi connectivity index (χ0n) is 26.3. The molecule has 228 valence electrons. The molecule has 0 saturated heterocycles. The van der Waals surface area contributed by atoms with E-state index in [2.05, 4.69) is 21.7 Å². The molecule has 9 heterocycles. The number of hydrogen-bond donors (Lipinski definition) is 1. The van der Waals surface area contributed by atoms with Gasteiger partial charge in [-0.05, 0) is 103 Å². The summed E-state index contributed by atoms with van der Waals surface area (Å²) in [6, 6.07) is 34.1. The van der Waals surface area contributed by atoms with E-state index >= 15 is 0 Å². The van der Waals surface area contributed by atoms with E-state index in [4.69, 9.17) is 29.9 Å². The van der Waals surface area contributed by atoms with Crippen molar-refractivity contribution in [3.63, 3.8) is 0 Å². The van der Waals surface area contributed by atoms with E-state index in [0.29, 0.717) is 0 Å². The molecule has 7 aromatic rings. The maximum atomic E-state index is 5.19. The molecule has 7 aromatic heterocycles. The Bertz CT molecular complexity index is 2540. The summed E-state index contributed by atoms with van der Waals surface area (Å²) >= 11 is 0. The number of aromatic nitrogens is 8. The van der Waals surface area contributed by atoms with Crippen LogP contribution in [0.5, 0.6) is 0 Å². The van der Waals surface area contributed by atoms with Gasteiger partial charge in [0.1, 0.15) is 5.82 Å². The molecule has 0 radical (unpaired) electrons. The SMILES string of the molecule is C1=Cc2cc3c(-c4ccccn4)c(-c4ccccn4)c(c(-c4ccccn4)c4nc(cc5ccc(cc1n2)[nH]5)C=C4)n3-c1ccccn1.[Zn]. The van der Waals surface area contributed by atoms with Crippen molar-refractivity contribution in [3.05, 3.63) is 151 Å². The number of nitrogens with zero attached hydrogens (tertiary/aromatic N) is 7. The molecule has 1 N–H and O–H groups in total. The van der Waals surface area contributed by atoms with Gasteiger partial charge in [0.25, 0.3) is 0 Å². The number of rotatable bonds is 4. The minimum absolute atomic E-state index is 0. The van der Waals surface area contributed by atoms with Gasteiger partial charge < -0.3 is 4.98 Å². The quantitative estimate of drug-likeness (QED) is 0.186. The van der Waals surface area contributed by atoms with Crippen LogP contribution in [0.15, 0.2) is 128 Å². The molecule has 2 aliphatic heterocycles. The average Bonchev–Trinajstić information content (AvgIpc) is 3.95. The van der Waals surface area contributed by atoms with Crippen LogP contribution in [-0.4, -0.2) is 39.5 Å². The molecule has 0 fully saturated rings. The van der Waals surface area contributed by atoms with E-state index in [9.17, 15) is 0 Å². The zero-order valence-corrected chi connectivity index (χ0v) is 29.2. The average molecular weight is 684 g/mol.